The van der Waals surface area contributed by atoms with Crippen LogP contribution in [0.3, 0.4) is 0 Å². The molecule has 0 radical (unpaired) electrons. The summed E-state index contributed by atoms with van der Waals surface area (Å²) in [4.78, 5) is 16.5. The first-order chi connectivity index (χ1) is 12.1. The number of carbonyl (C=O) groups is 1. The van der Waals surface area contributed by atoms with Gasteiger partial charge in [-0.15, -0.1) is 0 Å². The van der Waals surface area contributed by atoms with Gasteiger partial charge in [0.2, 0.25) is 0 Å². The third-order valence-electron chi connectivity index (χ3n) is 4.64. The van der Waals surface area contributed by atoms with E-state index in [1.165, 1.54) is 11.6 Å². The smallest absolute Gasteiger partial charge is 0.321 e. The third kappa shape index (κ3) is 4.79. The van der Waals surface area contributed by atoms with Crippen LogP contribution in [0.4, 0.5) is 14.9 Å². The van der Waals surface area contributed by atoms with Crippen molar-refractivity contribution >= 4 is 11.7 Å². The van der Waals surface area contributed by atoms with Gasteiger partial charge in [0.25, 0.3) is 0 Å². The van der Waals surface area contributed by atoms with E-state index in [9.17, 15) is 9.18 Å². The summed E-state index contributed by atoms with van der Waals surface area (Å²) in [5.74, 6) is -0.302. The Hall–Kier alpha value is -2.40. The van der Waals surface area contributed by atoms with Crippen LogP contribution in [0.2, 0.25) is 0 Å². The number of piperazine rings is 1. The van der Waals surface area contributed by atoms with Crippen LogP contribution in [0.1, 0.15) is 11.1 Å². The molecule has 1 aliphatic heterocycles. The van der Waals surface area contributed by atoms with E-state index in [4.69, 9.17) is 0 Å². The van der Waals surface area contributed by atoms with Crippen molar-refractivity contribution in [2.75, 3.05) is 38.0 Å². The van der Waals surface area contributed by atoms with Crippen molar-refractivity contribution in [3.8, 4) is 0 Å². The number of amides is 2. The summed E-state index contributed by atoms with van der Waals surface area (Å²) in [6, 6.07) is 15.0. The molecule has 0 bridgehead atoms. The second-order valence-electron chi connectivity index (χ2n) is 6.46. The number of nitrogens with zero attached hydrogens (tertiary/aromatic N) is 2. The molecule has 1 saturated heterocycles. The zero-order chi connectivity index (χ0) is 17.6. The number of anilines is 1. The molecule has 1 aliphatic rings. The zero-order valence-corrected chi connectivity index (χ0v) is 14.5. The number of rotatable bonds is 4. The molecular formula is C20H24FN3O. The minimum atomic E-state index is -0.302. The molecule has 0 aromatic heterocycles. The highest BCUT2D eigenvalue weighted by atomic mass is 19.1. The number of nitrogens with one attached hydrogen (secondary N) is 1. The van der Waals surface area contributed by atoms with Gasteiger partial charge >= 0.3 is 6.03 Å². The Balaban J connectivity index is 1.45. The summed E-state index contributed by atoms with van der Waals surface area (Å²) >= 11 is 0. The molecule has 2 amide bonds. The van der Waals surface area contributed by atoms with Gasteiger partial charge in [-0.25, -0.2) is 9.18 Å². The van der Waals surface area contributed by atoms with Crippen molar-refractivity contribution in [2.24, 2.45) is 0 Å². The van der Waals surface area contributed by atoms with Crippen LogP contribution in [-0.4, -0.2) is 48.6 Å². The van der Waals surface area contributed by atoms with Crippen molar-refractivity contribution in [3.63, 3.8) is 0 Å². The molecule has 2 aromatic carbocycles. The highest BCUT2D eigenvalue weighted by molar-refractivity contribution is 5.89. The predicted octanol–water partition coefficient (Wildman–Crippen LogP) is 3.53. The van der Waals surface area contributed by atoms with Crippen LogP contribution < -0.4 is 5.32 Å². The molecule has 1 N–H and O–H groups in total. The van der Waals surface area contributed by atoms with Gasteiger partial charge in [-0.3, -0.25) is 4.90 Å². The number of carbonyl (C=O) groups excluding carboxylic acids is 1. The Morgan fingerprint density at radius 1 is 1.08 bits per heavy atom. The zero-order valence-electron chi connectivity index (χ0n) is 14.5. The van der Waals surface area contributed by atoms with E-state index in [1.807, 2.05) is 6.07 Å². The Labute approximate surface area is 148 Å². The summed E-state index contributed by atoms with van der Waals surface area (Å²) in [5.41, 5.74) is 2.41. The molecule has 132 valence electrons. The number of benzene rings is 2. The maximum atomic E-state index is 13.6. The minimum Gasteiger partial charge on any atom is -0.322 e. The quantitative estimate of drug-likeness (QED) is 0.923. The summed E-state index contributed by atoms with van der Waals surface area (Å²) in [5, 5.41) is 2.78. The average Bonchev–Trinajstić information content (AvgIpc) is 2.64. The maximum Gasteiger partial charge on any atom is 0.321 e. The van der Waals surface area contributed by atoms with Gasteiger partial charge in [0.15, 0.2) is 0 Å². The topological polar surface area (TPSA) is 35.6 Å². The molecule has 2 aromatic rings. The average molecular weight is 341 g/mol. The highest BCUT2D eigenvalue weighted by Gasteiger charge is 2.21. The molecule has 1 fully saturated rings. The van der Waals surface area contributed by atoms with E-state index >= 15 is 0 Å². The van der Waals surface area contributed by atoms with E-state index in [2.05, 4.69) is 34.5 Å². The van der Waals surface area contributed by atoms with E-state index in [1.54, 1.807) is 24.0 Å². The Morgan fingerprint density at radius 3 is 2.48 bits per heavy atom. The van der Waals surface area contributed by atoms with Gasteiger partial charge in [0.05, 0.1) is 0 Å². The largest absolute Gasteiger partial charge is 0.322 e. The first-order valence-corrected chi connectivity index (χ1v) is 8.70. The van der Waals surface area contributed by atoms with Crippen LogP contribution in [0.25, 0.3) is 0 Å². The van der Waals surface area contributed by atoms with Gasteiger partial charge in [0.1, 0.15) is 5.82 Å². The maximum absolute atomic E-state index is 13.6. The second-order valence-corrected chi connectivity index (χ2v) is 6.46. The Kier molecular flexibility index (Phi) is 5.66. The molecular weight excluding hydrogens is 317 g/mol. The fraction of sp³-hybridized carbons (Fsp3) is 0.350. The van der Waals surface area contributed by atoms with Crippen LogP contribution in [0.15, 0.2) is 48.5 Å². The van der Waals surface area contributed by atoms with Gasteiger partial charge in [-0.2, -0.15) is 0 Å². The van der Waals surface area contributed by atoms with Crippen molar-refractivity contribution in [1.29, 1.82) is 0 Å². The molecule has 0 aliphatic carbocycles. The molecule has 25 heavy (non-hydrogen) atoms. The molecule has 5 heteroatoms. The van der Waals surface area contributed by atoms with Gasteiger partial charge in [-0.05, 0) is 36.6 Å². The summed E-state index contributed by atoms with van der Waals surface area (Å²) in [6.45, 7) is 5.81. The summed E-state index contributed by atoms with van der Waals surface area (Å²) < 4.78 is 13.6. The number of urea groups is 1. The fourth-order valence-corrected chi connectivity index (χ4v) is 2.98. The van der Waals surface area contributed by atoms with Crippen molar-refractivity contribution in [2.45, 2.75) is 13.3 Å². The molecule has 0 unspecified atom stereocenters. The first-order valence-electron chi connectivity index (χ1n) is 8.70. The SMILES string of the molecule is Cc1ccc(NC(=O)N2CCN(CCc3ccccc3)CC2)cc1F. The lowest BCUT2D eigenvalue weighted by Crippen LogP contribution is -2.50. The molecule has 3 rings (SSSR count). The van der Waals surface area contributed by atoms with E-state index in [0.717, 1.165) is 26.1 Å². The second kappa shape index (κ2) is 8.12. The first kappa shape index (κ1) is 17.4. The molecule has 0 atom stereocenters. The van der Waals surface area contributed by atoms with E-state index in [0.29, 0.717) is 24.3 Å². The number of aryl methyl sites for hydroxylation is 1. The van der Waals surface area contributed by atoms with Gasteiger partial charge in [-0.1, -0.05) is 36.4 Å². The van der Waals surface area contributed by atoms with E-state index in [-0.39, 0.29) is 11.8 Å². The molecule has 4 nitrogen and oxygen atoms in total. The molecule has 0 saturated carbocycles. The lowest BCUT2D eigenvalue weighted by Gasteiger charge is -2.34. The van der Waals surface area contributed by atoms with Gasteiger partial charge in [0, 0.05) is 38.4 Å². The number of hydrogen-bond acceptors (Lipinski definition) is 2. The highest BCUT2D eigenvalue weighted by Crippen LogP contribution is 2.15. The predicted molar refractivity (Wildman–Crippen MR) is 98.3 cm³/mol. The Bertz CT molecular complexity index is 712. The van der Waals surface area contributed by atoms with E-state index < -0.39 is 0 Å². The third-order valence-corrected chi connectivity index (χ3v) is 4.64. The standard InChI is InChI=1S/C20H24FN3O/c1-16-7-8-18(15-19(16)21)22-20(25)24-13-11-23(12-14-24)10-9-17-5-3-2-4-6-17/h2-8,15H,9-14H2,1H3,(H,22,25). The number of halogens is 1. The minimum absolute atomic E-state index is 0.161. The molecule has 1 heterocycles. The Morgan fingerprint density at radius 2 is 1.80 bits per heavy atom. The van der Waals surface area contributed by atoms with Crippen molar-refractivity contribution in [3.05, 3.63) is 65.5 Å². The summed E-state index contributed by atoms with van der Waals surface area (Å²) in [7, 11) is 0. The van der Waals surface area contributed by atoms with Crippen molar-refractivity contribution in [1.82, 2.24) is 9.80 Å². The van der Waals surface area contributed by atoms with Crippen LogP contribution in [0, 0.1) is 12.7 Å². The summed E-state index contributed by atoms with van der Waals surface area (Å²) in [6.07, 6.45) is 1.02. The van der Waals surface area contributed by atoms with Crippen LogP contribution >= 0.6 is 0 Å². The van der Waals surface area contributed by atoms with Crippen LogP contribution in [-0.2, 0) is 6.42 Å². The monoisotopic (exact) mass is 341 g/mol. The lowest BCUT2D eigenvalue weighted by atomic mass is 10.1. The molecule has 0 spiro atoms. The van der Waals surface area contributed by atoms with Crippen LogP contribution in [0.5, 0.6) is 0 Å². The number of hydrogen-bond donors (Lipinski definition) is 1. The lowest BCUT2D eigenvalue weighted by molar-refractivity contribution is 0.148. The van der Waals surface area contributed by atoms with Crippen molar-refractivity contribution < 1.29 is 9.18 Å². The fourth-order valence-electron chi connectivity index (χ4n) is 2.98. The normalized spacial score (nSPS) is 15.2. The van der Waals surface area contributed by atoms with Gasteiger partial charge < -0.3 is 10.2 Å².